The number of nitrogens with zero attached hydrogens (tertiary/aromatic N) is 3. The molecule has 0 aliphatic rings. The maximum Gasteiger partial charge on any atom is 0.222 e. The van der Waals surface area contributed by atoms with Gasteiger partial charge < -0.3 is 5.32 Å². The number of aromatic nitrogens is 3. The van der Waals surface area contributed by atoms with Gasteiger partial charge >= 0.3 is 0 Å². The van der Waals surface area contributed by atoms with Gasteiger partial charge in [-0.15, -0.1) is 11.3 Å². The van der Waals surface area contributed by atoms with E-state index < -0.39 is 0 Å². The highest BCUT2D eigenvalue weighted by molar-refractivity contribution is 7.15. The number of nitrogens with one attached hydrogen (secondary N) is 1. The topological polar surface area (TPSA) is 50.7 Å². The van der Waals surface area contributed by atoms with Gasteiger partial charge in [0.2, 0.25) is 5.95 Å². The second-order valence-electron chi connectivity index (χ2n) is 4.14. The lowest BCUT2D eigenvalue weighted by atomic mass is 10.2. The summed E-state index contributed by atoms with van der Waals surface area (Å²) in [6, 6.07) is 1.92. The number of hydrogen-bond acceptors (Lipinski definition) is 5. The first-order chi connectivity index (χ1) is 8.11. The molecule has 0 radical (unpaired) electrons. The largest absolute Gasteiger partial charge is 0.357 e. The fraction of sp³-hybridized carbons (Fsp3) is 0.417. The molecule has 4 nitrogen and oxygen atoms in total. The summed E-state index contributed by atoms with van der Waals surface area (Å²) < 4.78 is 0. The van der Waals surface area contributed by atoms with E-state index in [1.807, 2.05) is 20.0 Å². The summed E-state index contributed by atoms with van der Waals surface area (Å²) in [4.78, 5) is 14.3. The van der Waals surface area contributed by atoms with Gasteiger partial charge in [0.05, 0.1) is 21.3 Å². The van der Waals surface area contributed by atoms with Crippen molar-refractivity contribution in [3.8, 4) is 10.6 Å². The van der Waals surface area contributed by atoms with E-state index in [2.05, 4.69) is 34.1 Å². The zero-order valence-electron chi connectivity index (χ0n) is 10.5. The Hall–Kier alpha value is -1.49. The third kappa shape index (κ3) is 2.44. The molecule has 0 unspecified atom stereocenters. The summed E-state index contributed by atoms with van der Waals surface area (Å²) in [6.45, 7) is 6.33. The van der Waals surface area contributed by atoms with E-state index in [9.17, 15) is 0 Å². The average Bonchev–Trinajstić information content (AvgIpc) is 2.72. The van der Waals surface area contributed by atoms with Crippen LogP contribution in [0.5, 0.6) is 0 Å². The molecular formula is C12H16N4S. The van der Waals surface area contributed by atoms with Crippen LogP contribution in [0.4, 0.5) is 5.95 Å². The second-order valence-corrected chi connectivity index (χ2v) is 5.17. The van der Waals surface area contributed by atoms with Crippen LogP contribution in [0.1, 0.15) is 30.5 Å². The number of hydrogen-bond donors (Lipinski definition) is 1. The Labute approximate surface area is 105 Å². The Kier molecular flexibility index (Phi) is 3.38. The van der Waals surface area contributed by atoms with Crippen LogP contribution in [-0.2, 0) is 0 Å². The van der Waals surface area contributed by atoms with Crippen LogP contribution in [-0.4, -0.2) is 22.0 Å². The Balaban J connectivity index is 2.45. The molecule has 0 saturated heterocycles. The Morgan fingerprint density at radius 1 is 1.29 bits per heavy atom. The minimum absolute atomic E-state index is 0.457. The molecule has 0 fully saturated rings. The van der Waals surface area contributed by atoms with Crippen LogP contribution in [0.3, 0.4) is 0 Å². The zero-order valence-corrected chi connectivity index (χ0v) is 11.3. The van der Waals surface area contributed by atoms with Crippen LogP contribution in [0, 0.1) is 6.92 Å². The van der Waals surface area contributed by atoms with Gasteiger partial charge in [-0.05, 0) is 13.0 Å². The van der Waals surface area contributed by atoms with Crippen molar-refractivity contribution >= 4 is 17.3 Å². The fourth-order valence-electron chi connectivity index (χ4n) is 1.51. The lowest BCUT2D eigenvalue weighted by molar-refractivity contribution is 0.847. The first-order valence-corrected chi connectivity index (χ1v) is 6.42. The van der Waals surface area contributed by atoms with E-state index in [4.69, 9.17) is 0 Å². The predicted octanol–water partition coefficient (Wildman–Crippen LogP) is 3.07. The Morgan fingerprint density at radius 2 is 2.06 bits per heavy atom. The zero-order chi connectivity index (χ0) is 12.4. The van der Waals surface area contributed by atoms with Crippen molar-refractivity contribution in [1.82, 2.24) is 15.0 Å². The summed E-state index contributed by atoms with van der Waals surface area (Å²) in [7, 11) is 1.82. The van der Waals surface area contributed by atoms with Gasteiger partial charge in [-0.3, -0.25) is 0 Å². The SMILES string of the molecule is CNc1nccc(-c2sc(C(C)C)nc2C)n1. The van der Waals surface area contributed by atoms with Crippen molar-refractivity contribution in [3.63, 3.8) is 0 Å². The Bertz CT molecular complexity index is 519. The van der Waals surface area contributed by atoms with E-state index in [1.54, 1.807) is 17.5 Å². The minimum atomic E-state index is 0.457. The molecule has 0 aromatic carbocycles. The summed E-state index contributed by atoms with van der Waals surface area (Å²) in [5.74, 6) is 1.10. The quantitative estimate of drug-likeness (QED) is 0.907. The summed E-state index contributed by atoms with van der Waals surface area (Å²) in [5.41, 5.74) is 1.98. The highest BCUT2D eigenvalue weighted by Gasteiger charge is 2.13. The van der Waals surface area contributed by atoms with Gasteiger partial charge in [-0.2, -0.15) is 0 Å². The third-order valence-corrected chi connectivity index (χ3v) is 3.90. The predicted molar refractivity (Wildman–Crippen MR) is 71.5 cm³/mol. The van der Waals surface area contributed by atoms with Crippen molar-refractivity contribution in [2.45, 2.75) is 26.7 Å². The minimum Gasteiger partial charge on any atom is -0.357 e. The molecule has 2 rings (SSSR count). The molecule has 5 heteroatoms. The Morgan fingerprint density at radius 3 is 2.65 bits per heavy atom. The van der Waals surface area contributed by atoms with Crippen LogP contribution in [0.2, 0.25) is 0 Å². The van der Waals surface area contributed by atoms with Gasteiger partial charge in [0.25, 0.3) is 0 Å². The molecule has 2 aromatic rings. The fourth-order valence-corrected chi connectivity index (χ4v) is 2.55. The average molecular weight is 248 g/mol. The van der Waals surface area contributed by atoms with E-state index in [1.165, 1.54) is 0 Å². The molecule has 0 aliphatic carbocycles. The molecule has 0 atom stereocenters. The molecule has 0 spiro atoms. The maximum absolute atomic E-state index is 4.58. The first-order valence-electron chi connectivity index (χ1n) is 5.60. The van der Waals surface area contributed by atoms with Gasteiger partial charge in [-0.1, -0.05) is 13.8 Å². The summed E-state index contributed by atoms with van der Waals surface area (Å²) in [6.07, 6.45) is 1.77. The highest BCUT2D eigenvalue weighted by Crippen LogP contribution is 2.32. The van der Waals surface area contributed by atoms with Gasteiger partial charge in [0.1, 0.15) is 0 Å². The lowest BCUT2D eigenvalue weighted by Gasteiger charge is -2.01. The summed E-state index contributed by atoms with van der Waals surface area (Å²) in [5, 5.41) is 4.10. The van der Waals surface area contributed by atoms with E-state index in [0.717, 1.165) is 21.3 Å². The van der Waals surface area contributed by atoms with Gasteiger partial charge in [-0.25, -0.2) is 15.0 Å². The van der Waals surface area contributed by atoms with Crippen molar-refractivity contribution < 1.29 is 0 Å². The number of rotatable bonds is 3. The van der Waals surface area contributed by atoms with Crippen molar-refractivity contribution in [1.29, 1.82) is 0 Å². The second kappa shape index (κ2) is 4.79. The molecule has 90 valence electrons. The van der Waals surface area contributed by atoms with Crippen molar-refractivity contribution in [2.75, 3.05) is 12.4 Å². The summed E-state index contributed by atoms with van der Waals surface area (Å²) >= 11 is 1.71. The molecular weight excluding hydrogens is 232 g/mol. The molecule has 17 heavy (non-hydrogen) atoms. The molecule has 2 heterocycles. The molecule has 2 aromatic heterocycles. The van der Waals surface area contributed by atoms with Crippen LogP contribution in [0.25, 0.3) is 10.6 Å². The van der Waals surface area contributed by atoms with Crippen LogP contribution >= 0.6 is 11.3 Å². The van der Waals surface area contributed by atoms with Crippen LogP contribution in [0.15, 0.2) is 12.3 Å². The molecule has 0 amide bonds. The van der Waals surface area contributed by atoms with Gasteiger partial charge in [0, 0.05) is 19.2 Å². The molecule has 0 bridgehead atoms. The maximum atomic E-state index is 4.58. The van der Waals surface area contributed by atoms with Crippen molar-refractivity contribution in [3.05, 3.63) is 23.0 Å². The van der Waals surface area contributed by atoms with Crippen molar-refractivity contribution in [2.24, 2.45) is 0 Å². The lowest BCUT2D eigenvalue weighted by Crippen LogP contribution is -1.96. The number of aryl methyl sites for hydroxylation is 1. The molecule has 1 N–H and O–H groups in total. The normalized spacial score (nSPS) is 10.9. The van der Waals surface area contributed by atoms with E-state index >= 15 is 0 Å². The first kappa shape index (κ1) is 12.0. The molecule has 0 saturated carbocycles. The molecule has 0 aliphatic heterocycles. The van der Waals surface area contributed by atoms with Gasteiger partial charge in [0.15, 0.2) is 0 Å². The number of thiazole rings is 1. The van der Waals surface area contributed by atoms with Crippen LogP contribution < -0.4 is 5.32 Å². The number of anilines is 1. The highest BCUT2D eigenvalue weighted by atomic mass is 32.1. The van der Waals surface area contributed by atoms with E-state index in [0.29, 0.717) is 11.9 Å². The van der Waals surface area contributed by atoms with E-state index in [-0.39, 0.29) is 0 Å². The third-order valence-electron chi connectivity index (χ3n) is 2.42. The standard InChI is InChI=1S/C12H16N4S/c1-7(2)11-15-8(3)10(17-11)9-5-6-14-12(13-4)16-9/h5-7H,1-4H3,(H,13,14,16). The smallest absolute Gasteiger partial charge is 0.222 e. The monoisotopic (exact) mass is 248 g/mol.